The van der Waals surface area contributed by atoms with Crippen LogP contribution in [0.1, 0.15) is 10.5 Å². The number of anilines is 2. The Hall–Kier alpha value is -2.82. The standard InChI is InChI=1S/C15H12FN3O/c16-11-3-1-2-4-13(11)19-15(20)14-8-9-7-10(17)5-6-12(9)18-14/h1-8,18H,17H2,(H,19,20). The van der Waals surface area contributed by atoms with Gasteiger partial charge in [-0.15, -0.1) is 0 Å². The number of aromatic amines is 1. The fraction of sp³-hybridized carbons (Fsp3) is 0. The fourth-order valence-corrected chi connectivity index (χ4v) is 2.03. The van der Waals surface area contributed by atoms with Crippen molar-refractivity contribution in [1.29, 1.82) is 0 Å². The number of hydrogen-bond donors (Lipinski definition) is 3. The van der Waals surface area contributed by atoms with E-state index in [1.165, 1.54) is 12.1 Å². The molecule has 0 fully saturated rings. The SMILES string of the molecule is Nc1ccc2[nH]c(C(=O)Nc3ccccc3F)cc2c1. The molecule has 0 aliphatic carbocycles. The molecule has 5 heteroatoms. The number of halogens is 1. The van der Waals surface area contributed by atoms with Gasteiger partial charge in [-0.25, -0.2) is 4.39 Å². The summed E-state index contributed by atoms with van der Waals surface area (Å²) in [5, 5.41) is 3.36. The van der Waals surface area contributed by atoms with Crippen LogP contribution in [0.25, 0.3) is 10.9 Å². The van der Waals surface area contributed by atoms with Gasteiger partial charge in [0.05, 0.1) is 5.69 Å². The van der Waals surface area contributed by atoms with Crippen molar-refractivity contribution in [3.8, 4) is 0 Å². The lowest BCUT2D eigenvalue weighted by Gasteiger charge is -2.04. The van der Waals surface area contributed by atoms with Gasteiger partial charge in [-0.2, -0.15) is 0 Å². The summed E-state index contributed by atoms with van der Waals surface area (Å²) in [6.07, 6.45) is 0. The van der Waals surface area contributed by atoms with Crippen LogP contribution in [0.5, 0.6) is 0 Å². The number of carbonyl (C=O) groups is 1. The number of nitrogens with one attached hydrogen (secondary N) is 2. The van der Waals surface area contributed by atoms with Crippen LogP contribution in [-0.4, -0.2) is 10.9 Å². The van der Waals surface area contributed by atoms with Crippen molar-refractivity contribution in [3.05, 3.63) is 60.0 Å². The Morgan fingerprint density at radius 1 is 1.15 bits per heavy atom. The van der Waals surface area contributed by atoms with Crippen LogP contribution in [0.15, 0.2) is 48.5 Å². The molecule has 100 valence electrons. The molecule has 0 unspecified atom stereocenters. The van der Waals surface area contributed by atoms with Crippen LogP contribution in [0, 0.1) is 5.82 Å². The fourth-order valence-electron chi connectivity index (χ4n) is 2.03. The molecule has 3 rings (SSSR count). The molecule has 0 radical (unpaired) electrons. The first-order chi connectivity index (χ1) is 9.63. The number of hydrogen-bond acceptors (Lipinski definition) is 2. The van der Waals surface area contributed by atoms with Gasteiger partial charge in [0, 0.05) is 16.6 Å². The van der Waals surface area contributed by atoms with Crippen molar-refractivity contribution >= 4 is 28.2 Å². The highest BCUT2D eigenvalue weighted by atomic mass is 19.1. The van der Waals surface area contributed by atoms with E-state index in [2.05, 4.69) is 10.3 Å². The Morgan fingerprint density at radius 2 is 1.95 bits per heavy atom. The number of para-hydroxylation sites is 1. The minimum absolute atomic E-state index is 0.149. The van der Waals surface area contributed by atoms with E-state index in [4.69, 9.17) is 5.73 Å². The van der Waals surface area contributed by atoms with E-state index in [1.807, 2.05) is 0 Å². The van der Waals surface area contributed by atoms with Crippen molar-refractivity contribution in [2.24, 2.45) is 0 Å². The smallest absolute Gasteiger partial charge is 0.272 e. The van der Waals surface area contributed by atoms with Gasteiger partial charge in [-0.3, -0.25) is 4.79 Å². The van der Waals surface area contributed by atoms with Gasteiger partial charge < -0.3 is 16.0 Å². The van der Waals surface area contributed by atoms with Crippen LogP contribution in [0.2, 0.25) is 0 Å². The second kappa shape index (κ2) is 4.70. The third kappa shape index (κ3) is 2.21. The normalized spacial score (nSPS) is 10.7. The van der Waals surface area contributed by atoms with Crippen molar-refractivity contribution in [2.45, 2.75) is 0 Å². The monoisotopic (exact) mass is 269 g/mol. The number of nitrogen functional groups attached to an aromatic ring is 1. The van der Waals surface area contributed by atoms with Gasteiger partial charge in [0.15, 0.2) is 0 Å². The van der Waals surface area contributed by atoms with Gasteiger partial charge >= 0.3 is 0 Å². The van der Waals surface area contributed by atoms with E-state index in [1.54, 1.807) is 36.4 Å². The molecule has 0 atom stereocenters. The molecule has 1 aromatic heterocycles. The molecular weight excluding hydrogens is 257 g/mol. The summed E-state index contributed by atoms with van der Waals surface area (Å²) in [7, 11) is 0. The van der Waals surface area contributed by atoms with Crippen LogP contribution in [0.3, 0.4) is 0 Å². The number of fused-ring (bicyclic) bond motifs is 1. The van der Waals surface area contributed by atoms with E-state index < -0.39 is 11.7 Å². The third-order valence-corrected chi connectivity index (χ3v) is 3.01. The van der Waals surface area contributed by atoms with Gasteiger partial charge in [0.1, 0.15) is 11.5 Å². The van der Waals surface area contributed by atoms with E-state index in [0.717, 1.165) is 10.9 Å². The van der Waals surface area contributed by atoms with Gasteiger partial charge in [0.25, 0.3) is 5.91 Å². The van der Waals surface area contributed by atoms with Crippen LogP contribution in [0.4, 0.5) is 15.8 Å². The van der Waals surface area contributed by atoms with E-state index in [-0.39, 0.29) is 5.69 Å². The van der Waals surface area contributed by atoms with E-state index in [0.29, 0.717) is 11.4 Å². The maximum Gasteiger partial charge on any atom is 0.272 e. The lowest BCUT2D eigenvalue weighted by Crippen LogP contribution is -2.13. The number of amides is 1. The molecule has 2 aromatic carbocycles. The molecule has 20 heavy (non-hydrogen) atoms. The zero-order chi connectivity index (χ0) is 14.1. The number of carbonyl (C=O) groups excluding carboxylic acids is 1. The lowest BCUT2D eigenvalue weighted by molar-refractivity contribution is 0.102. The lowest BCUT2D eigenvalue weighted by atomic mass is 10.2. The van der Waals surface area contributed by atoms with Gasteiger partial charge in [-0.1, -0.05) is 12.1 Å². The quantitative estimate of drug-likeness (QED) is 0.625. The molecule has 0 aliphatic heterocycles. The first-order valence-electron chi connectivity index (χ1n) is 6.07. The maximum atomic E-state index is 13.5. The van der Waals surface area contributed by atoms with E-state index in [9.17, 15) is 9.18 Å². The second-order valence-electron chi connectivity index (χ2n) is 4.46. The molecule has 0 saturated heterocycles. The first kappa shape index (κ1) is 12.2. The Morgan fingerprint density at radius 3 is 2.75 bits per heavy atom. The molecule has 3 aromatic rings. The number of H-pyrrole nitrogens is 1. The molecule has 1 amide bonds. The summed E-state index contributed by atoms with van der Waals surface area (Å²) in [5.41, 5.74) is 7.62. The highest BCUT2D eigenvalue weighted by Crippen LogP contribution is 2.20. The maximum absolute atomic E-state index is 13.5. The Kier molecular flexibility index (Phi) is 2.87. The summed E-state index contributed by atoms with van der Waals surface area (Å²) >= 11 is 0. The number of benzene rings is 2. The van der Waals surface area contributed by atoms with Crippen LogP contribution >= 0.6 is 0 Å². The van der Waals surface area contributed by atoms with Crippen molar-refractivity contribution < 1.29 is 9.18 Å². The highest BCUT2D eigenvalue weighted by Gasteiger charge is 2.11. The average Bonchev–Trinajstić information content (AvgIpc) is 2.84. The summed E-state index contributed by atoms with van der Waals surface area (Å²) in [4.78, 5) is 15.1. The number of nitrogens with two attached hydrogens (primary N) is 1. The number of rotatable bonds is 2. The zero-order valence-electron chi connectivity index (χ0n) is 10.5. The molecular formula is C15H12FN3O. The highest BCUT2D eigenvalue weighted by molar-refractivity contribution is 6.06. The summed E-state index contributed by atoms with van der Waals surface area (Å²) < 4.78 is 13.5. The Balaban J connectivity index is 1.91. The summed E-state index contributed by atoms with van der Waals surface area (Å²) in [5.74, 6) is -0.869. The first-order valence-corrected chi connectivity index (χ1v) is 6.07. The van der Waals surface area contributed by atoms with E-state index >= 15 is 0 Å². The predicted molar refractivity (Wildman–Crippen MR) is 77.1 cm³/mol. The number of aromatic nitrogens is 1. The largest absolute Gasteiger partial charge is 0.399 e. The Labute approximate surface area is 114 Å². The van der Waals surface area contributed by atoms with Gasteiger partial charge in [0.2, 0.25) is 0 Å². The van der Waals surface area contributed by atoms with Crippen molar-refractivity contribution in [1.82, 2.24) is 4.98 Å². The third-order valence-electron chi connectivity index (χ3n) is 3.01. The molecule has 4 nitrogen and oxygen atoms in total. The molecule has 0 spiro atoms. The zero-order valence-corrected chi connectivity index (χ0v) is 10.5. The molecule has 0 aliphatic rings. The molecule has 0 saturated carbocycles. The minimum atomic E-state index is -0.471. The summed E-state index contributed by atoms with van der Waals surface area (Å²) in [6.45, 7) is 0. The van der Waals surface area contributed by atoms with Crippen molar-refractivity contribution in [2.75, 3.05) is 11.1 Å². The second-order valence-corrected chi connectivity index (χ2v) is 4.46. The van der Waals surface area contributed by atoms with Gasteiger partial charge in [-0.05, 0) is 36.4 Å². The molecule has 1 heterocycles. The molecule has 0 bridgehead atoms. The minimum Gasteiger partial charge on any atom is -0.399 e. The van der Waals surface area contributed by atoms with Crippen LogP contribution < -0.4 is 11.1 Å². The van der Waals surface area contributed by atoms with Crippen molar-refractivity contribution in [3.63, 3.8) is 0 Å². The summed E-state index contributed by atoms with van der Waals surface area (Å²) in [6, 6.07) is 13.0. The Bertz CT molecular complexity index is 795. The average molecular weight is 269 g/mol. The topological polar surface area (TPSA) is 70.9 Å². The molecule has 4 N–H and O–H groups in total. The van der Waals surface area contributed by atoms with Crippen LogP contribution in [-0.2, 0) is 0 Å². The predicted octanol–water partition coefficient (Wildman–Crippen LogP) is 3.14.